The lowest BCUT2D eigenvalue weighted by Crippen LogP contribution is -2.51. The summed E-state index contributed by atoms with van der Waals surface area (Å²) >= 11 is 0. The lowest BCUT2D eigenvalue weighted by Gasteiger charge is -2.39. The summed E-state index contributed by atoms with van der Waals surface area (Å²) in [7, 11) is 0. The Morgan fingerprint density at radius 2 is 1.84 bits per heavy atom. The lowest BCUT2D eigenvalue weighted by atomic mass is 9.72. The van der Waals surface area contributed by atoms with Crippen LogP contribution in [0.1, 0.15) is 71.6 Å². The number of carbonyl (C=O) groups is 1. The Hall–Kier alpha value is -0.570. The first-order valence-corrected chi connectivity index (χ1v) is 7.99. The summed E-state index contributed by atoms with van der Waals surface area (Å²) in [4.78, 5) is 12.6. The summed E-state index contributed by atoms with van der Waals surface area (Å²) in [6, 6.07) is 0.363. The molecule has 3 N–H and O–H groups in total. The number of nitrogens with one attached hydrogen (secondary N) is 1. The second-order valence-corrected chi connectivity index (χ2v) is 7.48. The van der Waals surface area contributed by atoms with Crippen LogP contribution in [0.25, 0.3) is 0 Å². The van der Waals surface area contributed by atoms with Crippen molar-refractivity contribution in [3.63, 3.8) is 0 Å². The van der Waals surface area contributed by atoms with Crippen molar-refractivity contribution in [3.05, 3.63) is 0 Å². The summed E-state index contributed by atoms with van der Waals surface area (Å²) in [5.74, 6) is 0.234. The van der Waals surface area contributed by atoms with Gasteiger partial charge < -0.3 is 11.1 Å². The van der Waals surface area contributed by atoms with E-state index >= 15 is 0 Å². The molecule has 1 unspecified atom stereocenters. The van der Waals surface area contributed by atoms with Gasteiger partial charge in [0.05, 0.1) is 5.41 Å². The number of hydrogen-bond acceptors (Lipinski definition) is 2. The van der Waals surface area contributed by atoms with Crippen molar-refractivity contribution in [2.45, 2.75) is 77.7 Å². The topological polar surface area (TPSA) is 55.1 Å². The Labute approximate surface area is 117 Å². The van der Waals surface area contributed by atoms with Crippen molar-refractivity contribution >= 4 is 5.91 Å². The van der Waals surface area contributed by atoms with Gasteiger partial charge in [0, 0.05) is 12.6 Å². The molecule has 0 heterocycles. The molecule has 0 spiro atoms. The van der Waals surface area contributed by atoms with Crippen LogP contribution in [0.2, 0.25) is 0 Å². The van der Waals surface area contributed by atoms with Crippen molar-refractivity contribution in [1.82, 2.24) is 5.32 Å². The van der Waals surface area contributed by atoms with Crippen molar-refractivity contribution in [2.75, 3.05) is 6.54 Å². The van der Waals surface area contributed by atoms with E-state index in [1.165, 1.54) is 19.3 Å². The molecule has 3 nitrogen and oxygen atoms in total. The summed E-state index contributed by atoms with van der Waals surface area (Å²) in [6.45, 7) is 5.13. The van der Waals surface area contributed by atoms with E-state index in [-0.39, 0.29) is 11.3 Å². The highest BCUT2D eigenvalue weighted by Crippen LogP contribution is 2.38. The molecule has 1 atom stereocenters. The number of hydrogen-bond donors (Lipinski definition) is 2. The first kappa shape index (κ1) is 14.8. The van der Waals surface area contributed by atoms with Crippen LogP contribution in [0.4, 0.5) is 0 Å². The van der Waals surface area contributed by atoms with Crippen LogP contribution in [0.15, 0.2) is 0 Å². The quantitative estimate of drug-likeness (QED) is 0.825. The molecule has 0 radical (unpaired) electrons. The Morgan fingerprint density at radius 3 is 2.42 bits per heavy atom. The predicted octanol–water partition coefficient (Wildman–Crippen LogP) is 2.98. The maximum atomic E-state index is 12.6. The van der Waals surface area contributed by atoms with Gasteiger partial charge in [0.2, 0.25) is 5.91 Å². The molecule has 0 bridgehead atoms. The Balaban J connectivity index is 1.95. The monoisotopic (exact) mass is 266 g/mol. The molecule has 2 aliphatic rings. The van der Waals surface area contributed by atoms with Gasteiger partial charge in [0.15, 0.2) is 0 Å². The third-order valence-electron chi connectivity index (χ3n) is 5.22. The molecule has 0 aromatic rings. The maximum Gasteiger partial charge on any atom is 0.227 e. The van der Waals surface area contributed by atoms with Crippen molar-refractivity contribution in [2.24, 2.45) is 16.6 Å². The first-order chi connectivity index (χ1) is 8.97. The van der Waals surface area contributed by atoms with Gasteiger partial charge >= 0.3 is 0 Å². The van der Waals surface area contributed by atoms with E-state index < -0.39 is 0 Å². The van der Waals surface area contributed by atoms with Gasteiger partial charge in [-0.05, 0) is 37.5 Å². The lowest BCUT2D eigenvalue weighted by molar-refractivity contribution is -0.133. The van der Waals surface area contributed by atoms with Crippen molar-refractivity contribution in [1.29, 1.82) is 0 Å². The van der Waals surface area contributed by atoms with E-state index in [2.05, 4.69) is 19.2 Å². The van der Waals surface area contributed by atoms with Crippen LogP contribution in [0, 0.1) is 10.8 Å². The van der Waals surface area contributed by atoms with Crippen molar-refractivity contribution in [3.8, 4) is 0 Å². The Bertz CT molecular complexity index is 319. The van der Waals surface area contributed by atoms with Crippen LogP contribution >= 0.6 is 0 Å². The largest absolute Gasteiger partial charge is 0.353 e. The van der Waals surface area contributed by atoms with E-state index in [9.17, 15) is 4.79 Å². The van der Waals surface area contributed by atoms with Crippen molar-refractivity contribution < 1.29 is 4.79 Å². The molecular formula is C16H30N2O. The fourth-order valence-electron chi connectivity index (χ4n) is 3.91. The third-order valence-corrected chi connectivity index (χ3v) is 5.22. The molecule has 2 rings (SSSR count). The Kier molecular flexibility index (Phi) is 4.54. The van der Waals surface area contributed by atoms with E-state index in [1.54, 1.807) is 0 Å². The third kappa shape index (κ3) is 3.50. The smallest absolute Gasteiger partial charge is 0.227 e. The van der Waals surface area contributed by atoms with Gasteiger partial charge in [-0.25, -0.2) is 0 Å². The average Bonchev–Trinajstić information content (AvgIpc) is 2.38. The zero-order valence-corrected chi connectivity index (χ0v) is 12.6. The summed E-state index contributed by atoms with van der Waals surface area (Å²) < 4.78 is 0. The number of amides is 1. The number of nitrogens with two attached hydrogens (primary N) is 1. The minimum Gasteiger partial charge on any atom is -0.353 e. The van der Waals surface area contributed by atoms with Crippen LogP contribution in [0.5, 0.6) is 0 Å². The van der Waals surface area contributed by atoms with E-state index in [0.717, 1.165) is 38.5 Å². The molecule has 0 aromatic heterocycles. The Morgan fingerprint density at radius 1 is 1.16 bits per heavy atom. The van der Waals surface area contributed by atoms with Gasteiger partial charge in [-0.3, -0.25) is 4.79 Å². The molecule has 0 aliphatic heterocycles. The fourth-order valence-corrected chi connectivity index (χ4v) is 3.91. The summed E-state index contributed by atoms with van der Waals surface area (Å²) in [5, 5.41) is 3.32. The highest BCUT2D eigenvalue weighted by molar-refractivity contribution is 5.83. The SMILES string of the molecule is CC1(C)CCCC(NC(=O)C2(CN)CCCCC2)C1. The predicted molar refractivity (Wildman–Crippen MR) is 78.8 cm³/mol. The molecule has 0 saturated heterocycles. The molecule has 2 aliphatic carbocycles. The molecule has 110 valence electrons. The highest BCUT2D eigenvalue weighted by atomic mass is 16.2. The van der Waals surface area contributed by atoms with E-state index in [1.807, 2.05) is 0 Å². The molecule has 3 heteroatoms. The molecule has 1 amide bonds. The number of carbonyl (C=O) groups excluding carboxylic acids is 1. The van der Waals surface area contributed by atoms with Gasteiger partial charge in [-0.2, -0.15) is 0 Å². The standard InChI is InChI=1S/C16H30N2O/c1-15(2)8-6-7-13(11-15)18-14(19)16(12-17)9-4-3-5-10-16/h13H,3-12,17H2,1-2H3,(H,18,19). The van der Waals surface area contributed by atoms with Crippen LogP contribution < -0.4 is 11.1 Å². The minimum atomic E-state index is -0.264. The van der Waals surface area contributed by atoms with E-state index in [4.69, 9.17) is 5.73 Å². The van der Waals surface area contributed by atoms with Crippen LogP contribution in [-0.4, -0.2) is 18.5 Å². The second-order valence-electron chi connectivity index (χ2n) is 7.48. The average molecular weight is 266 g/mol. The molecule has 19 heavy (non-hydrogen) atoms. The zero-order valence-electron chi connectivity index (χ0n) is 12.6. The van der Waals surface area contributed by atoms with Gasteiger partial charge in [-0.15, -0.1) is 0 Å². The molecule has 2 fully saturated rings. The van der Waals surface area contributed by atoms with Gasteiger partial charge in [0.25, 0.3) is 0 Å². The molecule has 2 saturated carbocycles. The summed E-state index contributed by atoms with van der Waals surface area (Å²) in [6.07, 6.45) is 10.3. The van der Waals surface area contributed by atoms with Crippen LogP contribution in [-0.2, 0) is 4.79 Å². The molecular weight excluding hydrogens is 236 g/mol. The minimum absolute atomic E-state index is 0.234. The first-order valence-electron chi connectivity index (χ1n) is 7.99. The summed E-state index contributed by atoms with van der Waals surface area (Å²) in [5.41, 5.74) is 6.05. The highest BCUT2D eigenvalue weighted by Gasteiger charge is 2.39. The van der Waals surface area contributed by atoms with Crippen LogP contribution in [0.3, 0.4) is 0 Å². The maximum absolute atomic E-state index is 12.6. The fraction of sp³-hybridized carbons (Fsp3) is 0.938. The second kappa shape index (κ2) is 5.82. The number of rotatable bonds is 3. The van der Waals surface area contributed by atoms with E-state index in [0.29, 0.717) is 18.0 Å². The normalized spacial score (nSPS) is 29.7. The van der Waals surface area contributed by atoms with Gasteiger partial charge in [0.1, 0.15) is 0 Å². The zero-order chi connectivity index (χ0) is 13.9. The molecule has 0 aromatic carbocycles. The van der Waals surface area contributed by atoms with Gasteiger partial charge in [-0.1, -0.05) is 39.5 Å².